The summed E-state index contributed by atoms with van der Waals surface area (Å²) in [7, 11) is -1.07. The molecule has 3 aromatic carbocycles. The fourth-order valence-electron chi connectivity index (χ4n) is 7.48. The molecule has 2 aliphatic heterocycles. The first-order valence-electron chi connectivity index (χ1n) is 15.2. The summed E-state index contributed by atoms with van der Waals surface area (Å²) in [4.78, 5) is 39.4. The lowest BCUT2D eigenvalue weighted by molar-refractivity contribution is -0.384. The van der Waals surface area contributed by atoms with Gasteiger partial charge in [0.25, 0.3) is 5.69 Å². The first-order valence-corrected chi connectivity index (χ1v) is 15.2. The molecule has 2 heterocycles. The summed E-state index contributed by atoms with van der Waals surface area (Å²) in [6.45, 7) is 4.11. The summed E-state index contributed by atoms with van der Waals surface area (Å²) < 4.78 is 6.11. The number of hydrogen-bond donors (Lipinski definition) is 2. The van der Waals surface area contributed by atoms with E-state index in [4.69, 9.17) is 4.65 Å². The van der Waals surface area contributed by atoms with Crippen molar-refractivity contribution in [3.8, 4) is 5.75 Å². The van der Waals surface area contributed by atoms with Gasteiger partial charge in [-0.15, -0.1) is 0 Å². The number of nitrogens with zero attached hydrogens (tertiary/aromatic N) is 2. The number of nitro benzene ring substituents is 1. The quantitative estimate of drug-likeness (QED) is 0.101. The molecule has 2 N–H and O–H groups in total. The second-order valence-electron chi connectivity index (χ2n) is 12.1. The van der Waals surface area contributed by atoms with Gasteiger partial charge in [0, 0.05) is 17.5 Å². The van der Waals surface area contributed by atoms with Crippen LogP contribution in [0.5, 0.6) is 5.75 Å². The fourth-order valence-corrected chi connectivity index (χ4v) is 7.48. The molecule has 1 aliphatic carbocycles. The highest BCUT2D eigenvalue weighted by molar-refractivity contribution is 6.43. The summed E-state index contributed by atoms with van der Waals surface area (Å²) in [5, 5.41) is 34.3. The number of benzene rings is 3. The Kier molecular flexibility index (Phi) is 8.13. The molecule has 0 radical (unpaired) electrons. The molecule has 4 atom stereocenters. The zero-order chi connectivity index (χ0) is 31.1. The number of non-ortho nitro benzene ring substituents is 1. The molecule has 0 aromatic heterocycles. The van der Waals surface area contributed by atoms with Crippen molar-refractivity contribution in [1.29, 1.82) is 0 Å². The SMILES string of the molecule is CCC/C(=C\c1ccc(O)c2ccccc12)CC[C@H]1OB(O)C[C@H]2C1=C(C)C[C@H]1C(=O)N(c3cccc([N+](=O)[O-])c3)C(=O)[C@H]12. The molecule has 0 unspecified atom stereocenters. The molecule has 6 rings (SSSR count). The van der Waals surface area contributed by atoms with Gasteiger partial charge in [0.2, 0.25) is 11.8 Å². The lowest BCUT2D eigenvalue weighted by Gasteiger charge is -2.42. The summed E-state index contributed by atoms with van der Waals surface area (Å²) in [6.07, 6.45) is 5.53. The fraction of sp³-hybridized carbons (Fsp3) is 0.353. The van der Waals surface area contributed by atoms with Gasteiger partial charge in [-0.3, -0.25) is 19.7 Å². The van der Waals surface area contributed by atoms with E-state index in [0.717, 1.165) is 45.2 Å². The van der Waals surface area contributed by atoms with Gasteiger partial charge in [-0.25, -0.2) is 4.90 Å². The number of nitro groups is 1. The van der Waals surface area contributed by atoms with E-state index >= 15 is 0 Å². The van der Waals surface area contributed by atoms with E-state index < -0.39 is 30.0 Å². The van der Waals surface area contributed by atoms with Gasteiger partial charge in [0.15, 0.2) is 0 Å². The monoisotopic (exact) mass is 594 g/mol. The first-order chi connectivity index (χ1) is 21.2. The number of hydrogen-bond acceptors (Lipinski definition) is 7. The van der Waals surface area contributed by atoms with Crippen molar-refractivity contribution in [3.05, 3.63) is 93.1 Å². The van der Waals surface area contributed by atoms with Crippen LogP contribution in [0.3, 0.4) is 0 Å². The minimum absolute atomic E-state index is 0.189. The number of aromatic hydroxyl groups is 1. The first kappa shape index (κ1) is 29.8. The van der Waals surface area contributed by atoms with Gasteiger partial charge in [-0.05, 0) is 73.5 Å². The van der Waals surface area contributed by atoms with Gasteiger partial charge in [-0.1, -0.05) is 67.0 Å². The van der Waals surface area contributed by atoms with E-state index in [1.807, 2.05) is 37.3 Å². The maximum atomic E-state index is 13.9. The Labute approximate surface area is 256 Å². The Morgan fingerprint density at radius 1 is 1.07 bits per heavy atom. The van der Waals surface area contributed by atoms with Crippen LogP contribution in [0, 0.1) is 27.9 Å². The number of carbonyl (C=O) groups excluding carboxylic acids is 2. The lowest BCUT2D eigenvalue weighted by atomic mass is 9.58. The number of phenolic OH excluding ortho intramolecular Hbond substituents is 1. The zero-order valence-electron chi connectivity index (χ0n) is 24.8. The second-order valence-corrected chi connectivity index (χ2v) is 12.1. The highest BCUT2D eigenvalue weighted by atomic mass is 16.6. The van der Waals surface area contributed by atoms with Crippen LogP contribution >= 0.6 is 0 Å². The normalized spacial score (nSPS) is 23.8. The Morgan fingerprint density at radius 3 is 2.59 bits per heavy atom. The molecule has 0 spiro atoms. The standard InChI is InChI=1S/C34H35BN2O7/c1-3-7-21(17-22-13-14-29(38)26-11-5-4-10-25(22)26)12-15-30-31-20(2)16-27-32(28(31)19-35(41)44-30)34(40)36(33(27)39)23-8-6-9-24(18-23)37(42)43/h4-6,8-11,13-14,17-18,27-28,30,32,38,41H,3,7,12,15-16,19H2,1-2H3/b21-17+/t27-,28+,30-,32-/m1/s1. The minimum Gasteiger partial charge on any atom is -0.507 e. The molecule has 2 amide bonds. The molecule has 226 valence electrons. The number of fused-ring (bicyclic) bond motifs is 4. The van der Waals surface area contributed by atoms with Crippen LogP contribution in [0.4, 0.5) is 11.4 Å². The van der Waals surface area contributed by atoms with Gasteiger partial charge in [0.1, 0.15) is 5.75 Å². The average Bonchev–Trinajstić information content (AvgIpc) is 3.26. The topological polar surface area (TPSA) is 130 Å². The van der Waals surface area contributed by atoms with Crippen molar-refractivity contribution < 1.29 is 29.3 Å². The number of allylic oxidation sites excluding steroid dienone is 2. The van der Waals surface area contributed by atoms with Gasteiger partial charge in [0.05, 0.1) is 28.6 Å². The van der Waals surface area contributed by atoms with Crippen molar-refractivity contribution >= 4 is 47.2 Å². The van der Waals surface area contributed by atoms with Gasteiger partial charge < -0.3 is 14.8 Å². The molecule has 10 heteroatoms. The molecule has 0 saturated carbocycles. The maximum Gasteiger partial charge on any atom is 0.455 e. The largest absolute Gasteiger partial charge is 0.507 e. The molecule has 44 heavy (non-hydrogen) atoms. The lowest BCUT2D eigenvalue weighted by Crippen LogP contribution is -2.46. The Balaban J connectivity index is 1.27. The summed E-state index contributed by atoms with van der Waals surface area (Å²) >= 11 is 0. The van der Waals surface area contributed by atoms with E-state index in [2.05, 4.69) is 13.0 Å². The van der Waals surface area contributed by atoms with Crippen LogP contribution in [0.1, 0.15) is 51.5 Å². The number of phenols is 1. The smallest absolute Gasteiger partial charge is 0.455 e. The second kappa shape index (κ2) is 12.0. The van der Waals surface area contributed by atoms with Crippen LogP contribution in [0.15, 0.2) is 77.4 Å². The van der Waals surface area contributed by atoms with Gasteiger partial charge in [-0.2, -0.15) is 0 Å². The van der Waals surface area contributed by atoms with E-state index in [-0.39, 0.29) is 41.2 Å². The van der Waals surface area contributed by atoms with Crippen LogP contribution < -0.4 is 4.90 Å². The number of carbonyl (C=O) groups is 2. The Morgan fingerprint density at radius 2 is 1.84 bits per heavy atom. The molecule has 3 aromatic rings. The van der Waals surface area contributed by atoms with Crippen molar-refractivity contribution in [3.63, 3.8) is 0 Å². The minimum atomic E-state index is -1.07. The average molecular weight is 594 g/mol. The predicted octanol–water partition coefficient (Wildman–Crippen LogP) is 6.44. The summed E-state index contributed by atoms with van der Waals surface area (Å²) in [5.41, 5.74) is 4.25. The van der Waals surface area contributed by atoms with Crippen LogP contribution in [-0.2, 0) is 14.2 Å². The van der Waals surface area contributed by atoms with Crippen LogP contribution in [-0.4, -0.2) is 40.1 Å². The Hall–Kier alpha value is -4.28. The maximum absolute atomic E-state index is 13.9. The third-order valence-electron chi connectivity index (χ3n) is 9.34. The predicted molar refractivity (Wildman–Crippen MR) is 169 cm³/mol. The van der Waals surface area contributed by atoms with E-state index in [1.54, 1.807) is 12.1 Å². The Bertz CT molecular complexity index is 1720. The highest BCUT2D eigenvalue weighted by Gasteiger charge is 2.57. The molecular formula is C34H35BN2O7. The van der Waals surface area contributed by atoms with E-state index in [1.165, 1.54) is 23.8 Å². The molecule has 0 bridgehead atoms. The molecule has 2 saturated heterocycles. The molecule has 3 aliphatic rings. The molecule has 9 nitrogen and oxygen atoms in total. The number of rotatable bonds is 8. The zero-order valence-corrected chi connectivity index (χ0v) is 24.8. The van der Waals surface area contributed by atoms with Crippen molar-refractivity contribution in [1.82, 2.24) is 0 Å². The summed E-state index contributed by atoms with van der Waals surface area (Å²) in [6, 6.07) is 17.0. The van der Waals surface area contributed by atoms with E-state index in [0.29, 0.717) is 19.3 Å². The van der Waals surface area contributed by atoms with Gasteiger partial charge >= 0.3 is 7.12 Å². The highest BCUT2D eigenvalue weighted by Crippen LogP contribution is 2.51. The number of imide groups is 1. The van der Waals surface area contributed by atoms with E-state index in [9.17, 15) is 29.8 Å². The van der Waals surface area contributed by atoms with Crippen molar-refractivity contribution in [2.24, 2.45) is 17.8 Å². The van der Waals surface area contributed by atoms with Crippen molar-refractivity contribution in [2.45, 2.75) is 58.4 Å². The third-order valence-corrected chi connectivity index (χ3v) is 9.34. The number of anilines is 1. The number of amides is 2. The van der Waals surface area contributed by atoms with Crippen LogP contribution in [0.2, 0.25) is 6.32 Å². The molecule has 2 fully saturated rings. The molecular weight excluding hydrogens is 559 g/mol. The van der Waals surface area contributed by atoms with Crippen molar-refractivity contribution in [2.75, 3.05) is 4.90 Å². The van der Waals surface area contributed by atoms with Crippen LogP contribution in [0.25, 0.3) is 16.8 Å². The third kappa shape index (κ3) is 5.33. The summed E-state index contributed by atoms with van der Waals surface area (Å²) in [5.74, 6) is -2.09.